The number of hydrogen-bond acceptors (Lipinski definition) is 25. The van der Waals surface area contributed by atoms with Crippen molar-refractivity contribution in [3.63, 3.8) is 0 Å². The second kappa shape index (κ2) is 39.4. The molecule has 3 aliphatic carbocycles. The van der Waals surface area contributed by atoms with E-state index < -0.39 is 80.2 Å². The number of hydrogen-bond donors (Lipinski definition) is 5. The monoisotopic (exact) mass is 1900 g/mol. The fourth-order valence-corrected chi connectivity index (χ4v) is 22.3. The van der Waals surface area contributed by atoms with Gasteiger partial charge < -0.3 is 43.0 Å². The molecule has 4 amide bonds. The van der Waals surface area contributed by atoms with Crippen LogP contribution >= 0.6 is 0 Å². The Hall–Kier alpha value is -14.4. The van der Waals surface area contributed by atoms with Crippen molar-refractivity contribution in [1.82, 2.24) is 33.8 Å². The third-order valence-corrected chi connectivity index (χ3v) is 29.9. The molecule has 19 rings (SSSR count). The maximum absolute atomic E-state index is 12.2. The minimum absolute atomic E-state index is 0.0480. The van der Waals surface area contributed by atoms with Crippen LogP contribution in [-0.2, 0) is 85.5 Å². The molecule has 3 aromatic heterocycles. The van der Waals surface area contributed by atoms with Crippen LogP contribution in [0.1, 0.15) is 159 Å². The molecule has 0 saturated carbocycles. The van der Waals surface area contributed by atoms with E-state index in [0.717, 1.165) is 114 Å². The number of ether oxygens (including phenoxy) is 8. The number of carbonyl (C=O) groups is 4. The lowest BCUT2D eigenvalue weighted by molar-refractivity contribution is -0.119. The van der Waals surface area contributed by atoms with Crippen LogP contribution in [0.3, 0.4) is 0 Å². The molecule has 7 aliphatic rings. The summed E-state index contributed by atoms with van der Waals surface area (Å²) in [7, 11) is -13.4. The van der Waals surface area contributed by atoms with Crippen LogP contribution in [0, 0.1) is 39.0 Å². The second-order valence-corrected chi connectivity index (χ2v) is 40.7. The van der Waals surface area contributed by atoms with Gasteiger partial charge >= 0.3 is 20.4 Å². The second-order valence-electron chi connectivity index (χ2n) is 33.8. The zero-order valence-corrected chi connectivity index (χ0v) is 77.8. The fourth-order valence-electron chi connectivity index (χ4n) is 17.1. The predicted molar refractivity (Wildman–Crippen MR) is 503 cm³/mol. The molecule has 4 aliphatic heterocycles. The van der Waals surface area contributed by atoms with Gasteiger partial charge in [-0.15, -0.1) is 0 Å². The van der Waals surface area contributed by atoms with Crippen LogP contribution in [0.25, 0.3) is 22.3 Å². The van der Waals surface area contributed by atoms with Crippen LogP contribution in [0.5, 0.6) is 57.9 Å². The minimum atomic E-state index is -3.84. The summed E-state index contributed by atoms with van der Waals surface area (Å²) in [6, 6.07) is 72.4. The van der Waals surface area contributed by atoms with Gasteiger partial charge in [0.25, 0.3) is 11.8 Å². The number of rotatable bonds is 24. The van der Waals surface area contributed by atoms with Gasteiger partial charge in [0.2, 0.25) is 49.5 Å². The van der Waals surface area contributed by atoms with Crippen LogP contribution < -0.4 is 65.4 Å². The summed E-state index contributed by atoms with van der Waals surface area (Å²) >= 11 is 0. The van der Waals surface area contributed by atoms with Gasteiger partial charge in [-0.1, -0.05) is 103 Å². The Morgan fingerprint density at radius 1 is 0.467 bits per heavy atom. The quantitative estimate of drug-likeness (QED) is 0.0375. The van der Waals surface area contributed by atoms with Crippen molar-refractivity contribution >= 4 is 75.5 Å². The van der Waals surface area contributed by atoms with Crippen molar-refractivity contribution < 1.29 is 95.9 Å². The molecule has 0 spiro atoms. The van der Waals surface area contributed by atoms with Crippen molar-refractivity contribution in [2.45, 2.75) is 140 Å². The van der Waals surface area contributed by atoms with Crippen molar-refractivity contribution in [1.29, 1.82) is 5.26 Å². The summed E-state index contributed by atoms with van der Waals surface area (Å²) in [5.74, 6) is 4.05. The van der Waals surface area contributed by atoms with E-state index in [9.17, 15) is 58.0 Å². The molecule has 135 heavy (non-hydrogen) atoms. The number of anilines is 2. The standard InChI is InChI=1S/C29H32N2O6S.C24H23N3O6S.C24H23NO4S.C23H18N4O5S/c1-18-21(12-14-28(30-18)36-16-15-29(2,3)33)22-5-4-6-24-23(22)11-13-25(24)37-20-9-7-19(8-10-20)26-17-27(32)31-38(26,34)35;1-15-20(12-13-24(25-15)31-2)33-21-5-3-4-18-19(21)10-11-22(18)32-17-8-6-16(7-9-17)27-14-23(28)26-34(27,29)30;1-16-5-3-6-17(2)24(16)20-8-4-7-18(13-20)15-29-21-11-9-19(10-12-21)22-14-23(26)25-30(22,27)28;24-12-15-4-11-23(25-13-15)32-20-3-1-2-18-19(20)9-10-21(18)31-17-7-5-16(6-8-17)27-14-22(28)26-33(27,29)30/h4-10,12,14,25-26,33H,11,13,15-17H2,1-3H3,(H,31,32);3-9,12-13,22H,10-11,14H2,1-2H3,(H,26,28);3-13,22H,14-15H2,1-2H3,(H,25,26);1-8,11,13,21H,9-10,14H2,(H,26,28)/t25-,26?;22-;;21-/m11.1/s1. The zero-order valence-electron chi connectivity index (χ0n) is 74.5. The number of aliphatic hydroxyl groups is 1. The van der Waals surface area contributed by atoms with Gasteiger partial charge in [-0.3, -0.25) is 28.6 Å². The molecule has 9 aromatic carbocycles. The third-order valence-electron chi connectivity index (χ3n) is 23.7. The van der Waals surface area contributed by atoms with Crippen molar-refractivity contribution in [2.24, 2.45) is 0 Å². The first-order valence-electron chi connectivity index (χ1n) is 43.5. The molecule has 0 radical (unpaired) electrons. The zero-order chi connectivity index (χ0) is 95.3. The Kier molecular flexibility index (Phi) is 27.4. The van der Waals surface area contributed by atoms with Crippen LogP contribution in [0.15, 0.2) is 237 Å². The molecule has 5 N–H and O–H groups in total. The van der Waals surface area contributed by atoms with Crippen LogP contribution in [0.4, 0.5) is 11.4 Å². The summed E-state index contributed by atoms with van der Waals surface area (Å²) in [5, 5.41) is 17.1. The van der Waals surface area contributed by atoms with Gasteiger partial charge in [-0.05, 0) is 256 Å². The molecule has 5 atom stereocenters. The third kappa shape index (κ3) is 21.9. The van der Waals surface area contributed by atoms with E-state index in [0.29, 0.717) is 99.8 Å². The molecule has 35 heteroatoms. The summed E-state index contributed by atoms with van der Waals surface area (Å²) < 4.78 is 154. The number of nitriles is 1. The molecule has 0 bridgehead atoms. The van der Waals surface area contributed by atoms with Crippen LogP contribution in [-0.4, -0.2) is 110 Å². The Balaban J connectivity index is 0.000000131. The Morgan fingerprint density at radius 2 is 0.933 bits per heavy atom. The number of nitrogens with one attached hydrogen (secondary N) is 4. The topological polar surface area (TPSA) is 416 Å². The Morgan fingerprint density at radius 3 is 1.40 bits per heavy atom. The molecule has 2 unspecified atom stereocenters. The molecule has 31 nitrogen and oxygen atoms in total. The molecule has 12 aromatic rings. The summed E-state index contributed by atoms with van der Waals surface area (Å²) in [5.41, 5.74) is 17.9. The molecular formula is C100H96N10O21S4. The number of nitrogens with zero attached hydrogens (tertiary/aromatic N) is 6. The van der Waals surface area contributed by atoms with Crippen LogP contribution in [0.2, 0.25) is 0 Å². The molecular weight excluding hydrogens is 1810 g/mol. The Bertz CT molecular complexity index is 7050. The summed E-state index contributed by atoms with van der Waals surface area (Å²) in [4.78, 5) is 59.1. The largest absolute Gasteiger partial charge is 0.489 e. The highest BCUT2D eigenvalue weighted by Crippen LogP contribution is 2.46. The van der Waals surface area contributed by atoms with Crippen molar-refractivity contribution in [3.05, 3.63) is 315 Å². The highest BCUT2D eigenvalue weighted by molar-refractivity contribution is 7.92. The van der Waals surface area contributed by atoms with Gasteiger partial charge in [0, 0.05) is 53.2 Å². The van der Waals surface area contributed by atoms with E-state index in [2.05, 4.69) is 71.3 Å². The van der Waals surface area contributed by atoms with E-state index in [1.165, 1.54) is 28.5 Å². The van der Waals surface area contributed by atoms with E-state index >= 15 is 0 Å². The number of carbonyl (C=O) groups excluding carboxylic acids is 4. The highest BCUT2D eigenvalue weighted by Gasteiger charge is 2.41. The smallest absolute Gasteiger partial charge is 0.326 e. The van der Waals surface area contributed by atoms with E-state index in [-0.39, 0.29) is 44.2 Å². The molecule has 4 fully saturated rings. The number of fused-ring (bicyclic) bond motifs is 3. The molecule has 4 saturated heterocycles. The number of amides is 4. The van der Waals surface area contributed by atoms with Gasteiger partial charge in [0.15, 0.2) is 0 Å². The average molecular weight is 1900 g/mol. The number of pyridine rings is 3. The Labute approximate surface area is 782 Å². The summed E-state index contributed by atoms with van der Waals surface area (Å²) in [6.07, 6.45) is 6.23. The maximum atomic E-state index is 12.2. The highest BCUT2D eigenvalue weighted by atomic mass is 32.2. The number of aryl methyl sites for hydroxylation is 4. The normalized spacial score (nSPS) is 18.7. The summed E-state index contributed by atoms with van der Waals surface area (Å²) in [6.45, 7) is 11.9. The number of methoxy groups -OCH3 is 1. The maximum Gasteiger partial charge on any atom is 0.326 e. The number of benzene rings is 9. The lowest BCUT2D eigenvalue weighted by atomic mass is 9.95. The van der Waals surface area contributed by atoms with E-state index in [1.807, 2.05) is 112 Å². The lowest BCUT2D eigenvalue weighted by Crippen LogP contribution is -2.29. The first kappa shape index (κ1) is 93.8. The molecule has 696 valence electrons. The SMILES string of the molecule is COc1ccc(Oc2cccc3c2CC[C@H]3Oc2ccc(N3CC(=O)NS3(=O)=O)cc2)c(C)n1.Cc1cccc(C)c1-c1cccc(COc2ccc(C3CC(=O)NS3(=O)=O)cc2)c1.Cc1nc(OCCC(C)(C)O)ccc1-c1cccc2c1CC[C@H]2Oc1ccc(C2CC(=O)NS2(=O)=O)cc1.N#Cc1ccc(Oc2cccc3c2CC[C@H]3Oc2ccc(N3CC(=O)NS3(=O)=O)cc2)nc1. The molecule has 7 heterocycles. The number of sulfonamides is 2. The first-order chi connectivity index (χ1) is 64.6. The van der Waals surface area contributed by atoms with Crippen molar-refractivity contribution in [3.8, 4) is 86.2 Å². The van der Waals surface area contributed by atoms with E-state index in [4.69, 9.17) is 43.2 Å². The van der Waals surface area contributed by atoms with Crippen molar-refractivity contribution in [2.75, 3.05) is 35.4 Å². The van der Waals surface area contributed by atoms with E-state index in [1.54, 1.807) is 136 Å². The van der Waals surface area contributed by atoms with Gasteiger partial charge in [-0.25, -0.2) is 49.8 Å². The first-order valence-corrected chi connectivity index (χ1v) is 49.4. The lowest BCUT2D eigenvalue weighted by Gasteiger charge is -2.18. The van der Waals surface area contributed by atoms with Gasteiger partial charge in [-0.2, -0.15) is 22.1 Å². The average Bonchev–Trinajstić information content (AvgIpc) is 1.70. The number of aromatic nitrogens is 3. The van der Waals surface area contributed by atoms with Gasteiger partial charge in [0.05, 0.1) is 54.8 Å². The minimum Gasteiger partial charge on any atom is -0.489 e. The fraction of sp³-hybridized carbons (Fsp3) is 0.260. The predicted octanol–water partition coefficient (Wildman–Crippen LogP) is 15.4. The van der Waals surface area contributed by atoms with Gasteiger partial charge in [0.1, 0.15) is 94.8 Å².